The van der Waals surface area contributed by atoms with Crippen molar-refractivity contribution in [3.8, 4) is 0 Å². The van der Waals surface area contributed by atoms with Gasteiger partial charge in [0.1, 0.15) is 5.82 Å². The topological polar surface area (TPSA) is 49.4 Å². The number of nitrogens with zero attached hydrogens (tertiary/aromatic N) is 1. The monoisotopic (exact) mass is 288 g/mol. The fraction of sp³-hybridized carbons (Fsp3) is 0.538. The summed E-state index contributed by atoms with van der Waals surface area (Å²) >= 11 is 0. The van der Waals surface area contributed by atoms with Crippen molar-refractivity contribution < 1.29 is 12.8 Å². The van der Waals surface area contributed by atoms with Gasteiger partial charge < -0.3 is 5.32 Å². The first-order valence-corrected chi connectivity index (χ1v) is 7.84. The molecule has 0 unspecified atom stereocenters. The highest BCUT2D eigenvalue weighted by atomic mass is 32.2. The lowest BCUT2D eigenvalue weighted by Gasteiger charge is -2.18. The third-order valence-corrected chi connectivity index (χ3v) is 4.54. The Labute approximate surface area is 114 Å². The van der Waals surface area contributed by atoms with E-state index in [1.807, 2.05) is 13.8 Å². The van der Waals surface area contributed by atoms with E-state index in [1.54, 1.807) is 18.2 Å². The first-order chi connectivity index (χ1) is 8.83. The summed E-state index contributed by atoms with van der Waals surface area (Å²) < 4.78 is 38.6. The SMILES string of the molecule is CC(C)NCCS(=O)(=O)N(C)Cc1ccccc1F. The molecule has 0 amide bonds. The Bertz CT molecular complexity index is 503. The van der Waals surface area contributed by atoms with Gasteiger partial charge in [-0.2, -0.15) is 0 Å². The van der Waals surface area contributed by atoms with Crippen LogP contribution in [0.15, 0.2) is 24.3 Å². The molecule has 0 aromatic heterocycles. The van der Waals surface area contributed by atoms with Crippen LogP contribution in [0, 0.1) is 5.82 Å². The molecule has 4 nitrogen and oxygen atoms in total. The summed E-state index contributed by atoms with van der Waals surface area (Å²) in [6.07, 6.45) is 0. The Morgan fingerprint density at radius 2 is 1.95 bits per heavy atom. The van der Waals surface area contributed by atoms with Gasteiger partial charge in [-0.1, -0.05) is 32.0 Å². The zero-order chi connectivity index (χ0) is 14.5. The van der Waals surface area contributed by atoms with Gasteiger partial charge >= 0.3 is 0 Å². The minimum Gasteiger partial charge on any atom is -0.313 e. The van der Waals surface area contributed by atoms with Crippen molar-refractivity contribution in [3.63, 3.8) is 0 Å². The predicted octanol–water partition coefficient (Wildman–Crippen LogP) is 1.59. The standard InChI is InChI=1S/C13H21FN2O2S/c1-11(2)15-8-9-19(17,18)16(3)10-12-6-4-5-7-13(12)14/h4-7,11,15H,8-10H2,1-3H3. The van der Waals surface area contributed by atoms with Gasteiger partial charge in [0.15, 0.2) is 0 Å². The van der Waals surface area contributed by atoms with Gasteiger partial charge in [-0.15, -0.1) is 0 Å². The maximum absolute atomic E-state index is 13.5. The van der Waals surface area contributed by atoms with Crippen molar-refractivity contribution in [2.45, 2.75) is 26.4 Å². The van der Waals surface area contributed by atoms with Gasteiger partial charge in [0.25, 0.3) is 0 Å². The molecular weight excluding hydrogens is 267 g/mol. The van der Waals surface area contributed by atoms with Crippen molar-refractivity contribution in [3.05, 3.63) is 35.6 Å². The summed E-state index contributed by atoms with van der Waals surface area (Å²) in [5, 5.41) is 3.05. The molecule has 1 aromatic rings. The fourth-order valence-corrected chi connectivity index (χ4v) is 2.62. The lowest BCUT2D eigenvalue weighted by molar-refractivity contribution is 0.454. The summed E-state index contributed by atoms with van der Waals surface area (Å²) in [5.74, 6) is -0.374. The largest absolute Gasteiger partial charge is 0.313 e. The van der Waals surface area contributed by atoms with Gasteiger partial charge in [0.2, 0.25) is 10.0 Å². The number of nitrogens with one attached hydrogen (secondary N) is 1. The molecule has 0 heterocycles. The Balaban J connectivity index is 2.61. The van der Waals surface area contributed by atoms with E-state index in [0.29, 0.717) is 12.1 Å². The Hall–Kier alpha value is -0.980. The van der Waals surface area contributed by atoms with Crippen molar-refractivity contribution in [2.24, 2.45) is 0 Å². The van der Waals surface area contributed by atoms with Crippen LogP contribution in [0.4, 0.5) is 4.39 Å². The van der Waals surface area contributed by atoms with Crippen LogP contribution < -0.4 is 5.32 Å². The van der Waals surface area contributed by atoms with Crippen LogP contribution in [0.1, 0.15) is 19.4 Å². The second-order valence-corrected chi connectivity index (χ2v) is 6.97. The van der Waals surface area contributed by atoms with E-state index in [0.717, 1.165) is 0 Å². The second kappa shape index (κ2) is 6.98. The normalized spacial score (nSPS) is 12.3. The number of sulfonamides is 1. The first-order valence-electron chi connectivity index (χ1n) is 6.23. The van der Waals surface area contributed by atoms with E-state index in [4.69, 9.17) is 0 Å². The first kappa shape index (κ1) is 16.1. The molecule has 1 rings (SSSR count). The van der Waals surface area contributed by atoms with Crippen LogP contribution in [0.25, 0.3) is 0 Å². The van der Waals surface area contributed by atoms with Crippen LogP contribution in [0.2, 0.25) is 0 Å². The zero-order valence-corrected chi connectivity index (χ0v) is 12.4. The molecular formula is C13H21FN2O2S. The van der Waals surface area contributed by atoms with E-state index < -0.39 is 10.0 Å². The Morgan fingerprint density at radius 3 is 2.53 bits per heavy atom. The highest BCUT2D eigenvalue weighted by Gasteiger charge is 2.18. The van der Waals surface area contributed by atoms with Gasteiger partial charge in [-0.05, 0) is 6.07 Å². The second-order valence-electron chi connectivity index (χ2n) is 4.77. The molecule has 6 heteroatoms. The molecule has 0 aliphatic carbocycles. The van der Waals surface area contributed by atoms with E-state index in [-0.39, 0.29) is 24.2 Å². The summed E-state index contributed by atoms with van der Waals surface area (Å²) in [6.45, 7) is 4.35. The summed E-state index contributed by atoms with van der Waals surface area (Å²) in [4.78, 5) is 0. The van der Waals surface area contributed by atoms with Crippen LogP contribution >= 0.6 is 0 Å². The van der Waals surface area contributed by atoms with Crippen LogP contribution in [0.3, 0.4) is 0 Å². The molecule has 0 radical (unpaired) electrons. The average Bonchev–Trinajstić information content (AvgIpc) is 2.31. The Morgan fingerprint density at radius 1 is 1.32 bits per heavy atom. The summed E-state index contributed by atoms with van der Waals surface area (Å²) in [6, 6.07) is 6.44. The van der Waals surface area contributed by atoms with Crippen molar-refractivity contribution >= 4 is 10.0 Å². The van der Waals surface area contributed by atoms with Crippen LogP contribution in [0.5, 0.6) is 0 Å². The van der Waals surface area contributed by atoms with Crippen molar-refractivity contribution in [1.29, 1.82) is 0 Å². The number of hydrogen-bond acceptors (Lipinski definition) is 3. The molecule has 0 saturated heterocycles. The zero-order valence-electron chi connectivity index (χ0n) is 11.6. The van der Waals surface area contributed by atoms with Crippen molar-refractivity contribution in [2.75, 3.05) is 19.3 Å². The van der Waals surface area contributed by atoms with E-state index in [2.05, 4.69) is 5.32 Å². The highest BCUT2D eigenvalue weighted by molar-refractivity contribution is 7.89. The van der Waals surface area contributed by atoms with Gasteiger partial charge in [-0.3, -0.25) is 0 Å². The molecule has 1 N–H and O–H groups in total. The molecule has 19 heavy (non-hydrogen) atoms. The van der Waals surface area contributed by atoms with Gasteiger partial charge in [0, 0.05) is 31.7 Å². The summed E-state index contributed by atoms with van der Waals surface area (Å²) in [7, 11) is -1.90. The summed E-state index contributed by atoms with van der Waals surface area (Å²) in [5.41, 5.74) is 0.380. The van der Waals surface area contributed by atoms with E-state index in [1.165, 1.54) is 17.4 Å². The molecule has 0 aliphatic rings. The van der Waals surface area contributed by atoms with E-state index in [9.17, 15) is 12.8 Å². The molecule has 108 valence electrons. The maximum atomic E-state index is 13.5. The van der Waals surface area contributed by atoms with Gasteiger partial charge in [0.05, 0.1) is 5.75 Å². The van der Waals surface area contributed by atoms with Crippen LogP contribution in [-0.2, 0) is 16.6 Å². The third kappa shape index (κ3) is 5.26. The molecule has 0 atom stereocenters. The minimum absolute atomic E-state index is 0.0101. The fourth-order valence-electron chi connectivity index (χ4n) is 1.60. The predicted molar refractivity (Wildman–Crippen MR) is 74.8 cm³/mol. The molecule has 0 aliphatic heterocycles. The third-order valence-electron chi connectivity index (χ3n) is 2.74. The smallest absolute Gasteiger partial charge is 0.215 e. The highest BCUT2D eigenvalue weighted by Crippen LogP contribution is 2.11. The van der Waals surface area contributed by atoms with Gasteiger partial charge in [-0.25, -0.2) is 17.1 Å². The van der Waals surface area contributed by atoms with Crippen LogP contribution in [-0.4, -0.2) is 38.1 Å². The molecule has 0 fully saturated rings. The average molecular weight is 288 g/mol. The maximum Gasteiger partial charge on any atom is 0.215 e. The number of rotatable bonds is 7. The number of halogens is 1. The lowest BCUT2D eigenvalue weighted by Crippen LogP contribution is -2.35. The van der Waals surface area contributed by atoms with E-state index >= 15 is 0 Å². The number of hydrogen-bond donors (Lipinski definition) is 1. The number of benzene rings is 1. The molecule has 0 saturated carbocycles. The molecule has 1 aromatic carbocycles. The lowest BCUT2D eigenvalue weighted by atomic mass is 10.2. The quantitative estimate of drug-likeness (QED) is 0.829. The van der Waals surface area contributed by atoms with Crippen molar-refractivity contribution in [1.82, 2.24) is 9.62 Å². The minimum atomic E-state index is -3.37. The molecule has 0 spiro atoms. The Kier molecular flexibility index (Phi) is 5.90. The molecule has 0 bridgehead atoms.